The Hall–Kier alpha value is -2.68. The normalized spacial score (nSPS) is 38.9. The van der Waals surface area contributed by atoms with Crippen molar-refractivity contribution in [2.24, 2.45) is 29.6 Å². The summed E-state index contributed by atoms with van der Waals surface area (Å²) in [5.74, 6) is 0.114. The van der Waals surface area contributed by atoms with E-state index >= 15 is 0 Å². The summed E-state index contributed by atoms with van der Waals surface area (Å²) in [5, 5.41) is 27.9. The molecular formula is C36H42O2-2. The summed E-state index contributed by atoms with van der Waals surface area (Å²) in [6.07, 6.45) is 19.0. The van der Waals surface area contributed by atoms with Gasteiger partial charge in [0.15, 0.2) is 0 Å². The van der Waals surface area contributed by atoms with Gasteiger partial charge in [-0.05, 0) is 113 Å². The molecule has 0 aromatic rings. The number of hydrogen-bond donors (Lipinski definition) is 0. The van der Waals surface area contributed by atoms with Crippen LogP contribution in [0.15, 0.2) is 116 Å². The zero-order valence-corrected chi connectivity index (χ0v) is 24.3. The van der Waals surface area contributed by atoms with Crippen molar-refractivity contribution in [3.8, 4) is 0 Å². The molecule has 0 bridgehead atoms. The van der Waals surface area contributed by atoms with Crippen molar-refractivity contribution in [1.82, 2.24) is 0 Å². The summed E-state index contributed by atoms with van der Waals surface area (Å²) < 4.78 is 0. The van der Waals surface area contributed by atoms with Gasteiger partial charge in [-0.1, -0.05) is 94.9 Å². The molecule has 2 heteroatoms. The molecule has 1 fully saturated rings. The van der Waals surface area contributed by atoms with Gasteiger partial charge in [-0.3, -0.25) is 0 Å². The molecule has 5 aliphatic rings. The van der Waals surface area contributed by atoms with E-state index in [-0.39, 0.29) is 5.92 Å². The lowest BCUT2D eigenvalue weighted by molar-refractivity contribution is -0.551. The Morgan fingerprint density at radius 3 is 1.97 bits per heavy atom. The quantitative estimate of drug-likeness (QED) is 0.422. The van der Waals surface area contributed by atoms with Gasteiger partial charge in [0.05, 0.1) is 0 Å². The second-order valence-corrected chi connectivity index (χ2v) is 12.5. The van der Waals surface area contributed by atoms with E-state index in [2.05, 4.69) is 110 Å². The van der Waals surface area contributed by atoms with Gasteiger partial charge >= 0.3 is 0 Å². The Kier molecular flexibility index (Phi) is 7.18. The van der Waals surface area contributed by atoms with Crippen LogP contribution in [-0.4, -0.2) is 12.2 Å². The number of allylic oxidation sites excluding steroid dienone is 18. The SMILES string of the molecule is CC1=C2/C=C(C(C)C)\C=C/C(C)/C=C\2C(C2C([O-])C(C3=CC(C)=C4C\C=C(C(C)C)/C=C(C)\C=C\34)C2[O-])=C1. The molecule has 3 atom stereocenters. The standard InChI is InChI=1S/C36H42O2/c1-19(2)25-11-12-27-23(7)16-31(29(27)15-22(6)13-25)33-35(37)34(36(33)38)32-17-24(8)28-18-26(20(3)4)10-9-21(5)14-30(28)32/h9-11,13-21,33-36H,12H2,1-8H3/q-2/b10-9-,22-13-,25-11+,26-18+,29-15+,30-14+. The smallest absolute Gasteiger partial charge is 0.00694 e. The highest BCUT2D eigenvalue weighted by Crippen LogP contribution is 2.52. The zero-order valence-electron chi connectivity index (χ0n) is 24.3. The number of rotatable bonds is 4. The molecule has 0 radical (unpaired) electrons. The third-order valence-electron chi connectivity index (χ3n) is 8.99. The minimum Gasteiger partial charge on any atom is -0.851 e. The summed E-state index contributed by atoms with van der Waals surface area (Å²) in [6.45, 7) is 17.4. The second kappa shape index (κ2) is 10.1. The van der Waals surface area contributed by atoms with Gasteiger partial charge in [-0.2, -0.15) is 0 Å². The van der Waals surface area contributed by atoms with Gasteiger partial charge < -0.3 is 10.2 Å². The molecule has 0 saturated heterocycles. The summed E-state index contributed by atoms with van der Waals surface area (Å²) in [7, 11) is 0. The van der Waals surface area contributed by atoms with E-state index in [0.29, 0.717) is 11.8 Å². The molecule has 5 aliphatic carbocycles. The average Bonchev–Trinajstić information content (AvgIpc) is 3.25. The largest absolute Gasteiger partial charge is 0.851 e. The van der Waals surface area contributed by atoms with Crippen molar-refractivity contribution >= 4 is 0 Å². The Morgan fingerprint density at radius 2 is 1.34 bits per heavy atom. The molecule has 0 aromatic heterocycles. The molecule has 0 N–H and O–H groups in total. The summed E-state index contributed by atoms with van der Waals surface area (Å²) in [4.78, 5) is 0. The maximum atomic E-state index is 13.9. The monoisotopic (exact) mass is 506 g/mol. The maximum Gasteiger partial charge on any atom is -0.00694 e. The van der Waals surface area contributed by atoms with E-state index in [4.69, 9.17) is 0 Å². The van der Waals surface area contributed by atoms with Gasteiger partial charge in [0.1, 0.15) is 0 Å². The molecule has 1 saturated carbocycles. The van der Waals surface area contributed by atoms with Crippen LogP contribution in [0.4, 0.5) is 0 Å². The fourth-order valence-electron chi connectivity index (χ4n) is 6.66. The van der Waals surface area contributed by atoms with Crippen LogP contribution >= 0.6 is 0 Å². The fraction of sp³-hybridized carbons (Fsp3) is 0.444. The van der Waals surface area contributed by atoms with Crippen LogP contribution < -0.4 is 10.2 Å². The third kappa shape index (κ3) is 4.56. The van der Waals surface area contributed by atoms with E-state index in [1.165, 1.54) is 33.4 Å². The van der Waals surface area contributed by atoms with Crippen LogP contribution in [0.25, 0.3) is 0 Å². The summed E-state index contributed by atoms with van der Waals surface area (Å²) in [5.41, 5.74) is 12.8. The van der Waals surface area contributed by atoms with Crippen LogP contribution in [0.3, 0.4) is 0 Å². The maximum absolute atomic E-state index is 13.9. The van der Waals surface area contributed by atoms with Gasteiger partial charge in [0.2, 0.25) is 0 Å². The van der Waals surface area contributed by atoms with E-state index in [1.54, 1.807) is 0 Å². The van der Waals surface area contributed by atoms with E-state index in [0.717, 1.165) is 34.3 Å². The minimum absolute atomic E-state index is 0.244. The molecule has 38 heavy (non-hydrogen) atoms. The first-order chi connectivity index (χ1) is 18.0. The predicted molar refractivity (Wildman–Crippen MR) is 155 cm³/mol. The van der Waals surface area contributed by atoms with E-state index in [9.17, 15) is 10.2 Å². The van der Waals surface area contributed by atoms with Crippen LogP contribution in [0, 0.1) is 29.6 Å². The highest BCUT2D eigenvalue weighted by atomic mass is 16.3. The van der Waals surface area contributed by atoms with E-state index in [1.807, 2.05) is 0 Å². The first kappa shape index (κ1) is 26.9. The first-order valence-corrected chi connectivity index (χ1v) is 14.4. The Labute approximate surface area is 229 Å². The topological polar surface area (TPSA) is 46.1 Å². The highest BCUT2D eigenvalue weighted by molar-refractivity contribution is 5.68. The second-order valence-electron chi connectivity index (χ2n) is 12.5. The van der Waals surface area contributed by atoms with Crippen molar-refractivity contribution in [3.63, 3.8) is 0 Å². The molecule has 0 spiro atoms. The minimum atomic E-state index is -0.933. The highest BCUT2D eigenvalue weighted by Gasteiger charge is 2.44. The van der Waals surface area contributed by atoms with E-state index < -0.39 is 24.0 Å². The summed E-state index contributed by atoms with van der Waals surface area (Å²) >= 11 is 0. The molecule has 5 rings (SSSR count). The Bertz CT molecular complexity index is 1350. The molecule has 0 aliphatic heterocycles. The molecule has 2 nitrogen and oxygen atoms in total. The molecular weight excluding hydrogens is 464 g/mol. The van der Waals surface area contributed by atoms with Crippen molar-refractivity contribution in [2.75, 3.05) is 0 Å². The van der Waals surface area contributed by atoms with Gasteiger partial charge in [-0.15, -0.1) is 12.2 Å². The zero-order chi connectivity index (χ0) is 27.5. The van der Waals surface area contributed by atoms with Crippen LogP contribution in [0.2, 0.25) is 0 Å². The van der Waals surface area contributed by atoms with Crippen molar-refractivity contribution < 1.29 is 10.2 Å². The van der Waals surface area contributed by atoms with Gasteiger partial charge in [0, 0.05) is 0 Å². The fourth-order valence-corrected chi connectivity index (χ4v) is 6.66. The van der Waals surface area contributed by atoms with Crippen molar-refractivity contribution in [2.45, 2.75) is 74.0 Å². The van der Waals surface area contributed by atoms with Crippen molar-refractivity contribution in [1.29, 1.82) is 0 Å². The molecule has 200 valence electrons. The lowest BCUT2D eigenvalue weighted by Gasteiger charge is -2.63. The molecule has 0 amide bonds. The lowest BCUT2D eigenvalue weighted by Crippen LogP contribution is -2.68. The summed E-state index contributed by atoms with van der Waals surface area (Å²) in [6, 6.07) is 0. The van der Waals surface area contributed by atoms with Crippen LogP contribution in [0.5, 0.6) is 0 Å². The molecule has 0 heterocycles. The number of hydrogen-bond acceptors (Lipinski definition) is 2. The third-order valence-corrected chi connectivity index (χ3v) is 8.99. The predicted octanol–water partition coefficient (Wildman–Crippen LogP) is 6.78. The Balaban J connectivity index is 1.44. The van der Waals surface area contributed by atoms with Crippen LogP contribution in [0.1, 0.15) is 61.8 Å². The van der Waals surface area contributed by atoms with Gasteiger partial charge in [0.25, 0.3) is 0 Å². The van der Waals surface area contributed by atoms with Gasteiger partial charge in [-0.25, -0.2) is 0 Å². The molecule has 3 unspecified atom stereocenters. The first-order valence-electron chi connectivity index (χ1n) is 14.4. The average molecular weight is 507 g/mol. The van der Waals surface area contributed by atoms with Crippen molar-refractivity contribution in [3.05, 3.63) is 116 Å². The number of fused-ring (bicyclic) bond motifs is 2. The van der Waals surface area contributed by atoms with Crippen LogP contribution in [-0.2, 0) is 0 Å². The Morgan fingerprint density at radius 1 is 0.737 bits per heavy atom. The lowest BCUT2D eigenvalue weighted by atomic mass is 9.60. The molecule has 0 aromatic carbocycles.